The molecule has 104 valence electrons. The molecule has 0 aliphatic rings. The van der Waals surface area contributed by atoms with Crippen molar-refractivity contribution in [3.8, 4) is 9.85 Å². The minimum atomic E-state index is -0.848. The number of rotatable bonds is 6. The number of thiocarbonyl (C=S) groups is 2. The molecule has 0 aromatic carbocycles. The van der Waals surface area contributed by atoms with E-state index in [1.165, 1.54) is 10.7 Å². The molecular weight excluding hydrogens is 423 g/mol. The van der Waals surface area contributed by atoms with E-state index in [-0.39, 0.29) is 13.1 Å². The number of carbonyl (C=O) groups is 2. The minimum Gasteiger partial charge on any atom is -0.372 e. The number of hydrogen-bond acceptors (Lipinski definition) is 7. The van der Waals surface area contributed by atoms with Gasteiger partial charge < -0.3 is 14.3 Å². The molecule has 0 heterocycles. The third-order valence-corrected chi connectivity index (χ3v) is 2.51. The molecule has 0 rings (SSSR count). The fraction of sp³-hybridized carbons (Fsp3) is 0.333. The maximum Gasteiger partial charge on any atom is 0.455 e. The van der Waals surface area contributed by atoms with Crippen molar-refractivity contribution in [2.75, 3.05) is 18.8 Å². The highest BCUT2D eigenvalue weighted by Gasteiger charge is 2.19. The zero-order valence-corrected chi connectivity index (χ0v) is 14.1. The normalized spacial score (nSPS) is 8.47. The van der Waals surface area contributed by atoms with Crippen LogP contribution >= 0.6 is 59.1 Å². The standard InChI is InChI=1S/C9H9IN2O4S3/c10-2-1-7-19-16-9(14)12(4-6-18)15-8(13)11-3-5-17/h5-6H,3-4,7H2,(H,11,13). The second kappa shape index (κ2) is 12.4. The molecule has 0 bridgehead atoms. The Balaban J connectivity index is 4.23. The second-order valence-corrected chi connectivity index (χ2v) is 4.43. The van der Waals surface area contributed by atoms with Crippen LogP contribution < -0.4 is 5.32 Å². The van der Waals surface area contributed by atoms with E-state index < -0.39 is 12.2 Å². The molecular formula is C9H9IN2O4S3. The van der Waals surface area contributed by atoms with E-state index in [2.05, 4.69) is 39.6 Å². The van der Waals surface area contributed by atoms with Gasteiger partial charge in [-0.15, -0.1) is 5.06 Å². The lowest BCUT2D eigenvalue weighted by atomic mass is 10.7. The van der Waals surface area contributed by atoms with Gasteiger partial charge in [-0.3, -0.25) is 0 Å². The molecule has 0 aliphatic carbocycles. The summed E-state index contributed by atoms with van der Waals surface area (Å²) in [5.41, 5.74) is 0. The summed E-state index contributed by atoms with van der Waals surface area (Å²) >= 11 is 11.8. The predicted molar refractivity (Wildman–Crippen MR) is 89.2 cm³/mol. The van der Waals surface area contributed by atoms with Gasteiger partial charge in [-0.1, -0.05) is 30.4 Å². The number of hydroxylamine groups is 2. The maximum absolute atomic E-state index is 11.5. The van der Waals surface area contributed by atoms with Gasteiger partial charge >= 0.3 is 12.2 Å². The number of nitrogens with zero attached hydrogens (tertiary/aromatic N) is 1. The topological polar surface area (TPSA) is 67.9 Å². The Hall–Kier alpha value is -0.640. The predicted octanol–water partition coefficient (Wildman–Crippen LogP) is 2.11. The van der Waals surface area contributed by atoms with Crippen LogP contribution in [0.4, 0.5) is 9.59 Å². The lowest BCUT2D eigenvalue weighted by Gasteiger charge is -2.17. The molecule has 10 heteroatoms. The Morgan fingerprint density at radius 1 is 1.42 bits per heavy atom. The van der Waals surface area contributed by atoms with Crippen LogP contribution in [0, 0.1) is 9.85 Å². The monoisotopic (exact) mass is 432 g/mol. The SMILES string of the molecule is O=C(NCC=S)ON(CC=S)C(=O)OSCC#CI. The molecule has 0 unspecified atom stereocenters. The van der Waals surface area contributed by atoms with Crippen molar-refractivity contribution in [2.45, 2.75) is 0 Å². The van der Waals surface area contributed by atoms with E-state index in [0.29, 0.717) is 10.8 Å². The van der Waals surface area contributed by atoms with Crippen molar-refractivity contribution in [3.63, 3.8) is 0 Å². The van der Waals surface area contributed by atoms with Crippen molar-refractivity contribution in [1.29, 1.82) is 0 Å². The molecule has 1 N–H and O–H groups in total. The minimum absolute atomic E-state index is 0.0717. The third kappa shape index (κ3) is 9.88. The molecule has 0 aromatic rings. The number of nitrogens with one attached hydrogen (secondary N) is 1. The quantitative estimate of drug-likeness (QED) is 0.172. The summed E-state index contributed by atoms with van der Waals surface area (Å²) in [5.74, 6) is 3.00. The number of amides is 2. The molecule has 0 saturated carbocycles. The molecule has 0 spiro atoms. The first-order valence-corrected chi connectivity index (χ1v) is 7.61. The lowest BCUT2D eigenvalue weighted by Crippen LogP contribution is -2.38. The first-order chi connectivity index (χ1) is 9.15. The highest BCUT2D eigenvalue weighted by Crippen LogP contribution is 2.06. The number of halogens is 1. The van der Waals surface area contributed by atoms with Crippen molar-refractivity contribution in [1.82, 2.24) is 10.4 Å². The first-order valence-electron chi connectivity index (χ1n) is 4.68. The van der Waals surface area contributed by atoms with Gasteiger partial charge in [0, 0.05) is 34.5 Å². The van der Waals surface area contributed by atoms with E-state index in [1.807, 2.05) is 22.6 Å². The fourth-order valence-electron chi connectivity index (χ4n) is 0.652. The fourth-order valence-corrected chi connectivity index (χ4v) is 1.69. The van der Waals surface area contributed by atoms with Crippen molar-refractivity contribution >= 4 is 82.0 Å². The molecule has 0 atom stereocenters. The van der Waals surface area contributed by atoms with Crippen molar-refractivity contribution in [3.05, 3.63) is 0 Å². The van der Waals surface area contributed by atoms with Gasteiger partial charge in [-0.05, 0) is 9.29 Å². The van der Waals surface area contributed by atoms with Crippen LogP contribution in [0.1, 0.15) is 0 Å². The molecule has 0 saturated heterocycles. The second-order valence-electron chi connectivity index (χ2n) is 2.54. The Morgan fingerprint density at radius 2 is 2.16 bits per heavy atom. The molecule has 0 aromatic heterocycles. The summed E-state index contributed by atoms with van der Waals surface area (Å²) in [6, 6.07) is 0. The molecule has 0 aliphatic heterocycles. The Kier molecular flexibility index (Phi) is 12.0. The van der Waals surface area contributed by atoms with E-state index >= 15 is 0 Å². The van der Waals surface area contributed by atoms with Crippen LogP contribution in [0.3, 0.4) is 0 Å². The Morgan fingerprint density at radius 3 is 2.74 bits per heavy atom. The average molecular weight is 432 g/mol. The van der Waals surface area contributed by atoms with E-state index in [4.69, 9.17) is 9.02 Å². The molecule has 2 amide bonds. The third-order valence-electron chi connectivity index (χ3n) is 1.29. The molecule has 6 nitrogen and oxygen atoms in total. The van der Waals surface area contributed by atoms with Crippen molar-refractivity contribution < 1.29 is 18.6 Å². The Bertz CT molecular complexity index is 397. The summed E-state index contributed by atoms with van der Waals surface area (Å²) in [6.07, 6.45) is -1.68. The highest BCUT2D eigenvalue weighted by molar-refractivity contribution is 14.1. The summed E-state index contributed by atoms with van der Waals surface area (Å²) in [4.78, 5) is 27.5. The maximum atomic E-state index is 11.5. The number of carbonyl (C=O) groups excluding carboxylic acids is 2. The van der Waals surface area contributed by atoms with Crippen LogP contribution in [0.15, 0.2) is 0 Å². The van der Waals surface area contributed by atoms with Gasteiger partial charge in [0.05, 0.1) is 24.3 Å². The van der Waals surface area contributed by atoms with Gasteiger partial charge in [0.1, 0.15) is 0 Å². The molecule has 0 radical (unpaired) electrons. The van der Waals surface area contributed by atoms with Crippen LogP contribution in [0.2, 0.25) is 0 Å². The van der Waals surface area contributed by atoms with E-state index in [0.717, 1.165) is 12.0 Å². The summed E-state index contributed by atoms with van der Waals surface area (Å²) < 4.78 is 7.38. The smallest absolute Gasteiger partial charge is 0.372 e. The largest absolute Gasteiger partial charge is 0.455 e. The first kappa shape index (κ1) is 18.4. The Labute approximate surface area is 139 Å². The van der Waals surface area contributed by atoms with Crippen molar-refractivity contribution in [2.24, 2.45) is 0 Å². The molecule has 19 heavy (non-hydrogen) atoms. The number of hydrogen-bond donors (Lipinski definition) is 1. The average Bonchev–Trinajstić information content (AvgIpc) is 2.40. The van der Waals surface area contributed by atoms with Crippen LogP contribution in [0.5, 0.6) is 0 Å². The summed E-state index contributed by atoms with van der Waals surface area (Å²) in [6.45, 7) is 0.0757. The summed E-state index contributed by atoms with van der Waals surface area (Å²) in [5, 5.41) is 5.53. The lowest BCUT2D eigenvalue weighted by molar-refractivity contribution is -0.0579. The van der Waals surface area contributed by atoms with Gasteiger partial charge in [0.15, 0.2) is 0 Å². The van der Waals surface area contributed by atoms with Gasteiger partial charge in [-0.25, -0.2) is 9.59 Å². The zero-order valence-electron chi connectivity index (χ0n) is 9.46. The van der Waals surface area contributed by atoms with E-state index in [9.17, 15) is 9.59 Å². The molecule has 0 fully saturated rings. The van der Waals surface area contributed by atoms with Gasteiger partial charge in [-0.2, -0.15) is 0 Å². The highest BCUT2D eigenvalue weighted by atomic mass is 127. The van der Waals surface area contributed by atoms with Crippen LogP contribution in [-0.2, 0) is 9.02 Å². The van der Waals surface area contributed by atoms with Crippen LogP contribution in [-0.4, -0.2) is 46.8 Å². The zero-order chi connectivity index (χ0) is 14.5. The summed E-state index contributed by atoms with van der Waals surface area (Å²) in [7, 11) is 0. The van der Waals surface area contributed by atoms with Gasteiger partial charge in [0.25, 0.3) is 0 Å². The van der Waals surface area contributed by atoms with Gasteiger partial charge in [0.2, 0.25) is 0 Å². The van der Waals surface area contributed by atoms with Crippen LogP contribution in [0.25, 0.3) is 0 Å². The van der Waals surface area contributed by atoms with E-state index in [1.54, 1.807) is 0 Å².